The summed E-state index contributed by atoms with van der Waals surface area (Å²) in [4.78, 5) is 17.0. The van der Waals surface area contributed by atoms with Crippen LogP contribution in [0, 0.1) is 0 Å². The normalized spacial score (nSPS) is 11.1. The molecule has 1 heterocycles. The zero-order chi connectivity index (χ0) is 19.7. The second-order valence-corrected chi connectivity index (χ2v) is 6.95. The number of benzene rings is 3. The van der Waals surface area contributed by atoms with Crippen LogP contribution in [0.5, 0.6) is 5.75 Å². The molecule has 0 spiro atoms. The number of nitrogens with one attached hydrogen (secondary N) is 1. The Hall–Kier alpha value is -3.60. The van der Waals surface area contributed by atoms with Crippen LogP contribution in [0.25, 0.3) is 22.6 Å². The van der Waals surface area contributed by atoms with Crippen LogP contribution in [0.1, 0.15) is 35.7 Å². The molecule has 28 heavy (non-hydrogen) atoms. The molecule has 0 aliphatic heterocycles. The van der Waals surface area contributed by atoms with Gasteiger partial charge in [-0.1, -0.05) is 38.1 Å². The van der Waals surface area contributed by atoms with E-state index in [0.29, 0.717) is 39.7 Å². The molecule has 1 amide bonds. The molecule has 0 aliphatic rings. The van der Waals surface area contributed by atoms with Crippen molar-refractivity contribution in [2.45, 2.75) is 19.8 Å². The first-order chi connectivity index (χ1) is 13.5. The van der Waals surface area contributed by atoms with Gasteiger partial charge in [-0.2, -0.15) is 0 Å². The lowest BCUT2D eigenvalue weighted by molar-refractivity contribution is 0.102. The molecule has 2 N–H and O–H groups in total. The molecule has 0 bridgehead atoms. The standard InChI is InChI=1S/C23H20N2O3/c1-14(2)15-7-9-16(10-8-15)22(27)24-17-11-12-20(26)18(13-17)23-25-19-5-3-4-6-21(19)28-23/h3-14,26H,1-2H3,(H,24,27). The Balaban J connectivity index is 1.60. The van der Waals surface area contributed by atoms with E-state index in [1.165, 1.54) is 11.6 Å². The van der Waals surface area contributed by atoms with Gasteiger partial charge in [0, 0.05) is 11.3 Å². The van der Waals surface area contributed by atoms with E-state index in [0.717, 1.165) is 0 Å². The van der Waals surface area contributed by atoms with Crippen LogP contribution in [0.4, 0.5) is 5.69 Å². The van der Waals surface area contributed by atoms with Crippen molar-refractivity contribution in [2.75, 3.05) is 5.32 Å². The van der Waals surface area contributed by atoms with Gasteiger partial charge in [0.15, 0.2) is 5.58 Å². The molecule has 0 unspecified atom stereocenters. The first kappa shape index (κ1) is 17.8. The van der Waals surface area contributed by atoms with Crippen LogP contribution in [0.3, 0.4) is 0 Å². The van der Waals surface area contributed by atoms with Crippen LogP contribution in [-0.4, -0.2) is 16.0 Å². The fourth-order valence-corrected chi connectivity index (χ4v) is 3.00. The van der Waals surface area contributed by atoms with Gasteiger partial charge in [0.25, 0.3) is 5.91 Å². The van der Waals surface area contributed by atoms with Crippen molar-refractivity contribution in [3.05, 3.63) is 77.9 Å². The molecule has 0 radical (unpaired) electrons. The van der Waals surface area contributed by atoms with E-state index in [1.807, 2.05) is 48.5 Å². The number of aromatic hydroxyl groups is 1. The number of aromatic nitrogens is 1. The third kappa shape index (κ3) is 3.47. The summed E-state index contributed by atoms with van der Waals surface area (Å²) in [5.41, 5.74) is 4.06. The SMILES string of the molecule is CC(C)c1ccc(C(=O)Nc2ccc(O)c(-c3nc4ccccc4o3)c2)cc1. The van der Waals surface area contributed by atoms with Gasteiger partial charge in [-0.05, 0) is 53.9 Å². The summed E-state index contributed by atoms with van der Waals surface area (Å²) in [5.74, 6) is 0.527. The van der Waals surface area contributed by atoms with E-state index in [9.17, 15) is 9.90 Å². The van der Waals surface area contributed by atoms with Crippen molar-refractivity contribution in [2.24, 2.45) is 0 Å². The molecular weight excluding hydrogens is 352 g/mol. The second-order valence-electron chi connectivity index (χ2n) is 6.95. The van der Waals surface area contributed by atoms with E-state index in [4.69, 9.17) is 4.42 Å². The molecule has 4 rings (SSSR count). The number of nitrogens with zero attached hydrogens (tertiary/aromatic N) is 1. The highest BCUT2D eigenvalue weighted by atomic mass is 16.3. The Morgan fingerprint density at radius 2 is 1.79 bits per heavy atom. The monoisotopic (exact) mass is 372 g/mol. The maximum absolute atomic E-state index is 12.6. The highest BCUT2D eigenvalue weighted by Crippen LogP contribution is 2.33. The number of carbonyl (C=O) groups is 1. The lowest BCUT2D eigenvalue weighted by atomic mass is 10.0. The van der Waals surface area contributed by atoms with E-state index in [1.54, 1.807) is 12.1 Å². The second kappa shape index (κ2) is 7.19. The molecule has 0 atom stereocenters. The minimum Gasteiger partial charge on any atom is -0.507 e. The van der Waals surface area contributed by atoms with Gasteiger partial charge in [-0.3, -0.25) is 4.79 Å². The number of rotatable bonds is 4. The Labute approximate surface area is 162 Å². The number of amides is 1. The van der Waals surface area contributed by atoms with Crippen LogP contribution >= 0.6 is 0 Å². The summed E-state index contributed by atoms with van der Waals surface area (Å²) < 4.78 is 5.73. The number of hydrogen-bond donors (Lipinski definition) is 2. The Kier molecular flexibility index (Phi) is 4.57. The van der Waals surface area contributed by atoms with Gasteiger partial charge >= 0.3 is 0 Å². The first-order valence-electron chi connectivity index (χ1n) is 9.11. The van der Waals surface area contributed by atoms with Crippen molar-refractivity contribution < 1.29 is 14.3 Å². The van der Waals surface area contributed by atoms with Crippen LogP contribution in [0.2, 0.25) is 0 Å². The number of anilines is 1. The fraction of sp³-hybridized carbons (Fsp3) is 0.130. The van der Waals surface area contributed by atoms with E-state index in [-0.39, 0.29) is 11.7 Å². The number of phenols is 1. The summed E-state index contributed by atoms with van der Waals surface area (Å²) in [5, 5.41) is 13.1. The summed E-state index contributed by atoms with van der Waals surface area (Å²) >= 11 is 0. The van der Waals surface area contributed by atoms with Crippen molar-refractivity contribution in [1.82, 2.24) is 4.98 Å². The third-order valence-corrected chi connectivity index (χ3v) is 4.62. The predicted molar refractivity (Wildman–Crippen MR) is 110 cm³/mol. The smallest absolute Gasteiger partial charge is 0.255 e. The molecule has 140 valence electrons. The van der Waals surface area contributed by atoms with E-state index in [2.05, 4.69) is 24.1 Å². The lowest BCUT2D eigenvalue weighted by Crippen LogP contribution is -2.12. The van der Waals surface area contributed by atoms with Crippen LogP contribution in [0.15, 0.2) is 71.1 Å². The average Bonchev–Trinajstić information content (AvgIpc) is 3.13. The Morgan fingerprint density at radius 3 is 2.50 bits per heavy atom. The number of carbonyl (C=O) groups excluding carboxylic acids is 1. The fourth-order valence-electron chi connectivity index (χ4n) is 3.00. The van der Waals surface area contributed by atoms with Gasteiger partial charge in [-0.15, -0.1) is 0 Å². The number of oxazole rings is 1. The Bertz CT molecular complexity index is 1110. The van der Waals surface area contributed by atoms with Crippen molar-refractivity contribution in [1.29, 1.82) is 0 Å². The van der Waals surface area contributed by atoms with E-state index >= 15 is 0 Å². The van der Waals surface area contributed by atoms with Gasteiger partial charge in [0.05, 0.1) is 5.56 Å². The molecule has 3 aromatic carbocycles. The van der Waals surface area contributed by atoms with Crippen LogP contribution in [-0.2, 0) is 0 Å². The molecule has 0 saturated carbocycles. The van der Waals surface area contributed by atoms with Gasteiger partial charge in [-0.25, -0.2) is 4.98 Å². The van der Waals surface area contributed by atoms with Crippen molar-refractivity contribution in [3.63, 3.8) is 0 Å². The summed E-state index contributed by atoms with van der Waals surface area (Å²) in [7, 11) is 0. The van der Waals surface area contributed by atoms with E-state index < -0.39 is 0 Å². The molecule has 4 aromatic rings. The molecule has 0 fully saturated rings. The maximum atomic E-state index is 12.6. The Morgan fingerprint density at radius 1 is 1.04 bits per heavy atom. The molecule has 0 aliphatic carbocycles. The van der Waals surface area contributed by atoms with Gasteiger partial charge in [0.2, 0.25) is 5.89 Å². The topological polar surface area (TPSA) is 75.4 Å². The predicted octanol–water partition coefficient (Wildman–Crippen LogP) is 5.58. The minimum absolute atomic E-state index is 0.0332. The highest BCUT2D eigenvalue weighted by Gasteiger charge is 2.14. The summed E-state index contributed by atoms with van der Waals surface area (Å²) in [6.07, 6.45) is 0. The zero-order valence-electron chi connectivity index (χ0n) is 15.6. The first-order valence-corrected chi connectivity index (χ1v) is 9.11. The number of para-hydroxylation sites is 2. The average molecular weight is 372 g/mol. The van der Waals surface area contributed by atoms with Gasteiger partial charge < -0.3 is 14.8 Å². The molecular formula is C23H20N2O3. The highest BCUT2D eigenvalue weighted by molar-refractivity contribution is 6.04. The maximum Gasteiger partial charge on any atom is 0.255 e. The summed E-state index contributed by atoms with van der Waals surface area (Å²) in [6.45, 7) is 4.22. The lowest BCUT2D eigenvalue weighted by Gasteiger charge is -2.09. The third-order valence-electron chi connectivity index (χ3n) is 4.62. The van der Waals surface area contributed by atoms with Gasteiger partial charge in [0.1, 0.15) is 11.3 Å². The molecule has 5 nitrogen and oxygen atoms in total. The number of hydrogen-bond acceptors (Lipinski definition) is 4. The largest absolute Gasteiger partial charge is 0.507 e. The molecule has 1 aromatic heterocycles. The van der Waals surface area contributed by atoms with Crippen molar-refractivity contribution in [3.8, 4) is 17.2 Å². The minimum atomic E-state index is -0.218. The zero-order valence-corrected chi connectivity index (χ0v) is 15.6. The van der Waals surface area contributed by atoms with Crippen LogP contribution < -0.4 is 5.32 Å². The summed E-state index contributed by atoms with van der Waals surface area (Å²) in [6, 6.07) is 19.7. The quantitative estimate of drug-likeness (QED) is 0.459. The molecule has 0 saturated heterocycles. The van der Waals surface area contributed by atoms with Crippen molar-refractivity contribution >= 4 is 22.7 Å². The number of phenolic OH excluding ortho intramolecular Hbond substituents is 1. The number of fused-ring (bicyclic) bond motifs is 1. The molecule has 5 heteroatoms.